The Morgan fingerprint density at radius 2 is 1.67 bits per heavy atom. The third-order valence-corrected chi connectivity index (χ3v) is 3.02. The quantitative estimate of drug-likeness (QED) is 0.889. The lowest BCUT2D eigenvalue weighted by molar-refractivity contribution is 0.105. The van der Waals surface area contributed by atoms with Gasteiger partial charge in [0.1, 0.15) is 35.8 Å². The highest BCUT2D eigenvalue weighted by molar-refractivity contribution is 5.42. The minimum absolute atomic E-state index is 0.0360. The van der Waals surface area contributed by atoms with Gasteiger partial charge in [0.2, 0.25) is 0 Å². The molecule has 0 amide bonds. The van der Waals surface area contributed by atoms with E-state index in [1.807, 2.05) is 0 Å². The summed E-state index contributed by atoms with van der Waals surface area (Å²) in [7, 11) is 3.08. The number of hydrogen-bond donors (Lipinski definition) is 1. The van der Waals surface area contributed by atoms with Gasteiger partial charge in [-0.05, 0) is 36.4 Å². The van der Waals surface area contributed by atoms with Gasteiger partial charge in [0.15, 0.2) is 0 Å². The Morgan fingerprint density at radius 3 is 2.29 bits per heavy atom. The van der Waals surface area contributed by atoms with Crippen molar-refractivity contribution >= 4 is 0 Å². The zero-order valence-electron chi connectivity index (χ0n) is 11.9. The summed E-state index contributed by atoms with van der Waals surface area (Å²) in [6.07, 6.45) is -0.865. The van der Waals surface area contributed by atoms with E-state index in [0.29, 0.717) is 22.8 Å². The maximum atomic E-state index is 12.8. The third kappa shape index (κ3) is 3.86. The van der Waals surface area contributed by atoms with Crippen LogP contribution in [0.2, 0.25) is 0 Å². The molecule has 0 aliphatic heterocycles. The van der Waals surface area contributed by atoms with Crippen LogP contribution in [0, 0.1) is 5.82 Å². The molecule has 1 atom stereocenters. The maximum absolute atomic E-state index is 12.8. The normalized spacial score (nSPS) is 11.8. The molecule has 1 N–H and O–H groups in total. The van der Waals surface area contributed by atoms with Crippen LogP contribution in [0.15, 0.2) is 42.5 Å². The summed E-state index contributed by atoms with van der Waals surface area (Å²) in [6.45, 7) is 0.0360. The van der Waals surface area contributed by atoms with Crippen molar-refractivity contribution in [2.45, 2.75) is 6.10 Å². The first kappa shape index (κ1) is 15.1. The van der Waals surface area contributed by atoms with Gasteiger partial charge in [-0.3, -0.25) is 0 Å². The van der Waals surface area contributed by atoms with Crippen LogP contribution >= 0.6 is 0 Å². The average Bonchev–Trinajstić information content (AvgIpc) is 2.53. The number of methoxy groups -OCH3 is 2. The van der Waals surface area contributed by atoms with Crippen molar-refractivity contribution in [1.29, 1.82) is 0 Å². The first-order valence-electron chi connectivity index (χ1n) is 6.42. The van der Waals surface area contributed by atoms with E-state index in [2.05, 4.69) is 0 Å². The zero-order chi connectivity index (χ0) is 15.2. The van der Waals surface area contributed by atoms with E-state index in [1.54, 1.807) is 25.3 Å². The summed E-state index contributed by atoms with van der Waals surface area (Å²) in [4.78, 5) is 0. The molecule has 1 unspecified atom stereocenters. The molecule has 112 valence electrons. The molecule has 0 spiro atoms. The molecule has 21 heavy (non-hydrogen) atoms. The fourth-order valence-corrected chi connectivity index (χ4v) is 1.89. The third-order valence-electron chi connectivity index (χ3n) is 3.02. The van der Waals surface area contributed by atoms with Crippen molar-refractivity contribution in [3.63, 3.8) is 0 Å². The zero-order valence-corrected chi connectivity index (χ0v) is 11.9. The Labute approximate surface area is 122 Å². The second-order valence-corrected chi connectivity index (χ2v) is 4.39. The molecule has 0 radical (unpaired) electrons. The smallest absolute Gasteiger partial charge is 0.128 e. The predicted molar refractivity (Wildman–Crippen MR) is 76.4 cm³/mol. The van der Waals surface area contributed by atoms with Gasteiger partial charge in [0.05, 0.1) is 14.2 Å². The van der Waals surface area contributed by atoms with Gasteiger partial charge in [-0.2, -0.15) is 0 Å². The van der Waals surface area contributed by atoms with Crippen molar-refractivity contribution in [1.82, 2.24) is 0 Å². The Kier molecular flexibility index (Phi) is 5.00. The monoisotopic (exact) mass is 292 g/mol. The molecule has 2 rings (SSSR count). The standard InChI is InChI=1S/C16H17FO4/c1-19-13-7-8-14(16(9-13)20-2)15(18)10-21-12-5-3-11(17)4-6-12/h3-9,15,18H,10H2,1-2H3. The van der Waals surface area contributed by atoms with E-state index in [-0.39, 0.29) is 12.4 Å². The molecule has 0 aliphatic rings. The number of aliphatic hydroxyl groups excluding tert-OH is 1. The first-order chi connectivity index (χ1) is 10.1. The van der Waals surface area contributed by atoms with Crippen LogP contribution in [0.4, 0.5) is 4.39 Å². The maximum Gasteiger partial charge on any atom is 0.128 e. The fraction of sp³-hybridized carbons (Fsp3) is 0.250. The molecule has 2 aromatic rings. The molecule has 0 aromatic heterocycles. The number of hydrogen-bond acceptors (Lipinski definition) is 4. The van der Waals surface area contributed by atoms with Crippen LogP contribution in [-0.4, -0.2) is 25.9 Å². The minimum Gasteiger partial charge on any atom is -0.497 e. The molecular formula is C16H17FO4. The lowest BCUT2D eigenvalue weighted by atomic mass is 10.1. The first-order valence-corrected chi connectivity index (χ1v) is 6.42. The average molecular weight is 292 g/mol. The predicted octanol–water partition coefficient (Wildman–Crippen LogP) is 2.96. The number of rotatable bonds is 6. The number of ether oxygens (including phenoxy) is 3. The molecule has 4 nitrogen and oxygen atoms in total. The van der Waals surface area contributed by atoms with Gasteiger partial charge in [-0.15, -0.1) is 0 Å². The van der Waals surface area contributed by atoms with Crippen molar-refractivity contribution in [3.8, 4) is 17.2 Å². The van der Waals surface area contributed by atoms with Crippen LogP contribution in [0.25, 0.3) is 0 Å². The van der Waals surface area contributed by atoms with Gasteiger partial charge in [0.25, 0.3) is 0 Å². The SMILES string of the molecule is COc1ccc(C(O)COc2ccc(F)cc2)c(OC)c1. The highest BCUT2D eigenvalue weighted by atomic mass is 19.1. The minimum atomic E-state index is -0.865. The van der Waals surface area contributed by atoms with Gasteiger partial charge in [0, 0.05) is 11.6 Å². The number of aliphatic hydroxyl groups is 1. The van der Waals surface area contributed by atoms with Crippen molar-refractivity contribution < 1.29 is 23.7 Å². The fourth-order valence-electron chi connectivity index (χ4n) is 1.89. The summed E-state index contributed by atoms with van der Waals surface area (Å²) in [5, 5.41) is 10.2. The molecule has 0 bridgehead atoms. The second-order valence-electron chi connectivity index (χ2n) is 4.39. The van der Waals surface area contributed by atoms with Gasteiger partial charge in [-0.1, -0.05) is 0 Å². The van der Waals surface area contributed by atoms with Crippen LogP contribution in [-0.2, 0) is 0 Å². The summed E-state index contributed by atoms with van der Waals surface area (Å²) in [5.74, 6) is 1.31. The van der Waals surface area contributed by atoms with E-state index < -0.39 is 6.10 Å². The van der Waals surface area contributed by atoms with E-state index >= 15 is 0 Å². The van der Waals surface area contributed by atoms with Crippen LogP contribution in [0.1, 0.15) is 11.7 Å². The number of benzene rings is 2. The molecule has 5 heteroatoms. The summed E-state index contributed by atoms with van der Waals surface area (Å²) in [6, 6.07) is 10.8. The second kappa shape index (κ2) is 6.95. The Hall–Kier alpha value is -2.27. The van der Waals surface area contributed by atoms with Crippen molar-refractivity contribution in [3.05, 3.63) is 53.8 Å². The van der Waals surface area contributed by atoms with Crippen molar-refractivity contribution in [2.75, 3.05) is 20.8 Å². The summed E-state index contributed by atoms with van der Waals surface area (Å²) in [5.41, 5.74) is 0.598. The van der Waals surface area contributed by atoms with E-state index in [0.717, 1.165) is 0 Å². The molecule has 0 fully saturated rings. The summed E-state index contributed by atoms with van der Waals surface area (Å²) < 4.78 is 28.6. The Bertz CT molecular complexity index is 583. The Morgan fingerprint density at radius 1 is 1.00 bits per heavy atom. The molecular weight excluding hydrogens is 275 g/mol. The molecule has 2 aromatic carbocycles. The highest BCUT2D eigenvalue weighted by Gasteiger charge is 2.15. The van der Waals surface area contributed by atoms with E-state index in [4.69, 9.17) is 14.2 Å². The van der Waals surface area contributed by atoms with Crippen molar-refractivity contribution in [2.24, 2.45) is 0 Å². The lowest BCUT2D eigenvalue weighted by Gasteiger charge is -2.16. The van der Waals surface area contributed by atoms with Gasteiger partial charge in [-0.25, -0.2) is 4.39 Å². The summed E-state index contributed by atoms with van der Waals surface area (Å²) >= 11 is 0. The van der Waals surface area contributed by atoms with E-state index in [1.165, 1.54) is 31.4 Å². The molecule has 0 heterocycles. The van der Waals surface area contributed by atoms with Crippen LogP contribution < -0.4 is 14.2 Å². The molecule has 0 aliphatic carbocycles. The van der Waals surface area contributed by atoms with E-state index in [9.17, 15) is 9.50 Å². The molecule has 0 saturated carbocycles. The largest absolute Gasteiger partial charge is 0.497 e. The molecule has 0 saturated heterocycles. The highest BCUT2D eigenvalue weighted by Crippen LogP contribution is 2.29. The van der Waals surface area contributed by atoms with Crippen LogP contribution in [0.5, 0.6) is 17.2 Å². The van der Waals surface area contributed by atoms with Crippen LogP contribution in [0.3, 0.4) is 0 Å². The number of halogens is 1. The van der Waals surface area contributed by atoms with Gasteiger partial charge < -0.3 is 19.3 Å². The topological polar surface area (TPSA) is 47.9 Å². The van der Waals surface area contributed by atoms with Gasteiger partial charge >= 0.3 is 0 Å². The Balaban J connectivity index is 2.05. The lowest BCUT2D eigenvalue weighted by Crippen LogP contribution is -2.11.